The molecule has 1 rings (SSSR count). The molecule has 1 aliphatic carbocycles. The summed E-state index contributed by atoms with van der Waals surface area (Å²) in [7, 11) is 4.15. The monoisotopic (exact) mass is 269 g/mol. The van der Waals surface area contributed by atoms with Crippen LogP contribution in [-0.2, 0) is 4.79 Å². The maximum Gasteiger partial charge on any atom is 0.220 e. The van der Waals surface area contributed by atoms with Crippen molar-refractivity contribution in [2.24, 2.45) is 11.7 Å². The zero-order chi connectivity index (χ0) is 14.1. The van der Waals surface area contributed by atoms with Gasteiger partial charge in [0.1, 0.15) is 0 Å². The highest BCUT2D eigenvalue weighted by atomic mass is 16.1. The van der Waals surface area contributed by atoms with E-state index in [1.165, 1.54) is 12.8 Å². The Kier molecular flexibility index (Phi) is 8.07. The van der Waals surface area contributed by atoms with Crippen LogP contribution in [0.3, 0.4) is 0 Å². The third-order valence-corrected chi connectivity index (χ3v) is 3.96. The van der Waals surface area contributed by atoms with E-state index in [2.05, 4.69) is 24.3 Å². The van der Waals surface area contributed by atoms with E-state index < -0.39 is 0 Å². The summed E-state index contributed by atoms with van der Waals surface area (Å²) in [5, 5.41) is 3.02. The van der Waals surface area contributed by atoms with Crippen LogP contribution in [0.4, 0.5) is 0 Å². The van der Waals surface area contributed by atoms with Gasteiger partial charge in [0.25, 0.3) is 0 Å². The van der Waals surface area contributed by atoms with E-state index in [9.17, 15) is 4.79 Å². The van der Waals surface area contributed by atoms with Gasteiger partial charge in [0, 0.05) is 19.0 Å². The Morgan fingerprint density at radius 2 is 2.11 bits per heavy atom. The Hall–Kier alpha value is -0.610. The number of hydrogen-bond donors (Lipinski definition) is 2. The second kappa shape index (κ2) is 9.32. The van der Waals surface area contributed by atoms with E-state index in [0.29, 0.717) is 18.4 Å². The second-order valence-electron chi connectivity index (χ2n) is 6.19. The number of rotatable bonds is 8. The Morgan fingerprint density at radius 3 is 2.79 bits per heavy atom. The van der Waals surface area contributed by atoms with E-state index in [1.807, 2.05) is 0 Å². The van der Waals surface area contributed by atoms with Gasteiger partial charge in [0.2, 0.25) is 5.91 Å². The van der Waals surface area contributed by atoms with Crippen LogP contribution < -0.4 is 11.1 Å². The summed E-state index contributed by atoms with van der Waals surface area (Å²) in [6.07, 6.45) is 8.65. The zero-order valence-electron chi connectivity index (χ0n) is 12.7. The topological polar surface area (TPSA) is 58.4 Å². The molecule has 4 nitrogen and oxygen atoms in total. The first-order valence-corrected chi connectivity index (χ1v) is 7.75. The summed E-state index contributed by atoms with van der Waals surface area (Å²) in [4.78, 5) is 13.9. The maximum atomic E-state index is 11.7. The largest absolute Gasteiger partial charge is 0.356 e. The van der Waals surface area contributed by atoms with E-state index in [-0.39, 0.29) is 5.91 Å². The zero-order valence-corrected chi connectivity index (χ0v) is 12.7. The van der Waals surface area contributed by atoms with Gasteiger partial charge in [-0.1, -0.05) is 12.8 Å². The van der Waals surface area contributed by atoms with Crippen LogP contribution in [0.5, 0.6) is 0 Å². The molecule has 0 aromatic heterocycles. The first-order chi connectivity index (χ1) is 9.08. The van der Waals surface area contributed by atoms with Crippen LogP contribution in [-0.4, -0.2) is 44.0 Å². The molecule has 0 saturated heterocycles. The minimum atomic E-state index is 0.212. The average Bonchev–Trinajstić information content (AvgIpc) is 2.35. The van der Waals surface area contributed by atoms with Gasteiger partial charge in [0.15, 0.2) is 0 Å². The number of nitrogens with one attached hydrogen (secondary N) is 1. The number of carbonyl (C=O) groups excluding carboxylic acids is 1. The molecule has 19 heavy (non-hydrogen) atoms. The molecule has 1 amide bonds. The van der Waals surface area contributed by atoms with Gasteiger partial charge in [-0.25, -0.2) is 0 Å². The summed E-state index contributed by atoms with van der Waals surface area (Å²) in [5.41, 5.74) is 5.96. The van der Waals surface area contributed by atoms with Crippen molar-refractivity contribution in [1.82, 2.24) is 10.2 Å². The Bertz CT molecular complexity index is 256. The third-order valence-electron chi connectivity index (χ3n) is 3.96. The molecule has 112 valence electrons. The first kappa shape index (κ1) is 16.4. The quantitative estimate of drug-likeness (QED) is 0.660. The van der Waals surface area contributed by atoms with Gasteiger partial charge in [-0.15, -0.1) is 0 Å². The normalized spacial score (nSPS) is 23.6. The minimum absolute atomic E-state index is 0.212. The Balaban J connectivity index is 1.98. The lowest BCUT2D eigenvalue weighted by molar-refractivity contribution is -0.121. The van der Waals surface area contributed by atoms with Crippen LogP contribution in [0.1, 0.15) is 51.4 Å². The van der Waals surface area contributed by atoms with Crippen molar-refractivity contribution in [1.29, 1.82) is 0 Å². The molecule has 1 aliphatic rings. The fraction of sp³-hybridized carbons (Fsp3) is 0.933. The van der Waals surface area contributed by atoms with E-state index >= 15 is 0 Å². The van der Waals surface area contributed by atoms with Gasteiger partial charge in [0.05, 0.1) is 0 Å². The van der Waals surface area contributed by atoms with Crippen LogP contribution in [0.15, 0.2) is 0 Å². The molecule has 2 atom stereocenters. The highest BCUT2D eigenvalue weighted by molar-refractivity contribution is 5.75. The molecule has 0 aliphatic heterocycles. The molecular formula is C15H31N3O. The smallest absolute Gasteiger partial charge is 0.220 e. The highest BCUT2D eigenvalue weighted by Gasteiger charge is 2.19. The molecule has 0 heterocycles. The lowest BCUT2D eigenvalue weighted by Crippen LogP contribution is -2.29. The maximum absolute atomic E-state index is 11.7. The van der Waals surface area contributed by atoms with Crippen LogP contribution in [0, 0.1) is 5.92 Å². The van der Waals surface area contributed by atoms with Crippen molar-refractivity contribution in [3.8, 4) is 0 Å². The van der Waals surface area contributed by atoms with E-state index in [4.69, 9.17) is 5.73 Å². The van der Waals surface area contributed by atoms with Crippen LogP contribution >= 0.6 is 0 Å². The molecule has 0 spiro atoms. The van der Waals surface area contributed by atoms with Crippen LogP contribution in [0.25, 0.3) is 0 Å². The van der Waals surface area contributed by atoms with E-state index in [0.717, 1.165) is 45.2 Å². The molecule has 2 unspecified atom stereocenters. The molecular weight excluding hydrogens is 238 g/mol. The predicted molar refractivity (Wildman–Crippen MR) is 80.0 cm³/mol. The number of amides is 1. The Labute approximate surface area is 118 Å². The second-order valence-corrected chi connectivity index (χ2v) is 6.19. The number of unbranched alkanes of at least 4 members (excludes halogenated alkanes) is 1. The summed E-state index contributed by atoms with van der Waals surface area (Å²) in [6.45, 7) is 1.91. The van der Waals surface area contributed by atoms with Crippen molar-refractivity contribution in [3.63, 3.8) is 0 Å². The molecule has 1 fully saturated rings. The number of nitrogens with zero attached hydrogens (tertiary/aromatic N) is 1. The standard InChI is InChI=1S/C15H31N3O/c1-18(2)11-4-3-10-17-15(19)9-8-13-6-5-7-14(16)12-13/h13-14H,3-12,16H2,1-2H3,(H,17,19). The highest BCUT2D eigenvalue weighted by Crippen LogP contribution is 2.26. The molecule has 0 bridgehead atoms. The SMILES string of the molecule is CN(C)CCCCNC(=O)CCC1CCCC(N)C1. The molecule has 1 saturated carbocycles. The Morgan fingerprint density at radius 1 is 1.32 bits per heavy atom. The van der Waals surface area contributed by atoms with Crippen molar-refractivity contribution in [2.45, 2.75) is 57.4 Å². The summed E-state index contributed by atoms with van der Waals surface area (Å²) >= 11 is 0. The first-order valence-electron chi connectivity index (χ1n) is 7.75. The summed E-state index contributed by atoms with van der Waals surface area (Å²) in [6, 6.07) is 0.368. The van der Waals surface area contributed by atoms with Gasteiger partial charge >= 0.3 is 0 Å². The molecule has 0 aromatic rings. The fourth-order valence-electron chi connectivity index (χ4n) is 2.80. The fourth-order valence-corrected chi connectivity index (χ4v) is 2.80. The number of hydrogen-bond acceptors (Lipinski definition) is 3. The number of carbonyl (C=O) groups is 1. The molecule has 0 radical (unpaired) electrons. The van der Waals surface area contributed by atoms with Gasteiger partial charge in [-0.2, -0.15) is 0 Å². The van der Waals surface area contributed by atoms with Crippen molar-refractivity contribution in [2.75, 3.05) is 27.2 Å². The van der Waals surface area contributed by atoms with Crippen molar-refractivity contribution < 1.29 is 4.79 Å². The van der Waals surface area contributed by atoms with Gasteiger partial charge in [-0.05, 0) is 58.7 Å². The average molecular weight is 269 g/mol. The van der Waals surface area contributed by atoms with Crippen molar-refractivity contribution >= 4 is 5.91 Å². The lowest BCUT2D eigenvalue weighted by atomic mass is 9.83. The molecule has 0 aromatic carbocycles. The van der Waals surface area contributed by atoms with Gasteiger partial charge in [-0.3, -0.25) is 4.79 Å². The third kappa shape index (κ3) is 8.22. The summed E-state index contributed by atoms with van der Waals surface area (Å²) in [5.74, 6) is 0.882. The summed E-state index contributed by atoms with van der Waals surface area (Å²) < 4.78 is 0. The van der Waals surface area contributed by atoms with Gasteiger partial charge < -0.3 is 16.0 Å². The van der Waals surface area contributed by atoms with Crippen LogP contribution in [0.2, 0.25) is 0 Å². The van der Waals surface area contributed by atoms with E-state index in [1.54, 1.807) is 0 Å². The predicted octanol–water partition coefficient (Wildman–Crippen LogP) is 1.74. The number of nitrogens with two attached hydrogens (primary N) is 1. The van der Waals surface area contributed by atoms with Crippen molar-refractivity contribution in [3.05, 3.63) is 0 Å². The lowest BCUT2D eigenvalue weighted by Gasteiger charge is -2.26. The minimum Gasteiger partial charge on any atom is -0.356 e. The molecule has 3 N–H and O–H groups in total. The molecule has 4 heteroatoms.